The number of anilines is 2. The highest BCUT2D eigenvalue weighted by molar-refractivity contribution is 7.22. The Bertz CT molecular complexity index is 2210. The molecule has 0 aliphatic carbocycles. The lowest BCUT2D eigenvalue weighted by Crippen LogP contribution is -2.39. The molecule has 0 bridgehead atoms. The summed E-state index contributed by atoms with van der Waals surface area (Å²) in [5, 5.41) is 12.6. The number of hydrogen-bond donors (Lipinski definition) is 2. The molecule has 2 N–H and O–H groups in total. The molecule has 11 nitrogen and oxygen atoms in total. The van der Waals surface area contributed by atoms with E-state index in [-0.39, 0.29) is 24.2 Å². The van der Waals surface area contributed by atoms with Gasteiger partial charge in [0.05, 0.1) is 22.9 Å². The number of likely N-dealkylation sites (tertiary alicyclic amines) is 1. The molecule has 0 atom stereocenters. The van der Waals surface area contributed by atoms with Crippen molar-refractivity contribution in [2.75, 3.05) is 43.0 Å². The number of esters is 1. The number of rotatable bonds is 12. The number of thiazole rings is 1. The molecule has 2 aromatic heterocycles. The molecule has 1 saturated heterocycles. The van der Waals surface area contributed by atoms with Gasteiger partial charge >= 0.3 is 11.9 Å². The topological polar surface area (TPSA) is 134 Å². The van der Waals surface area contributed by atoms with Gasteiger partial charge in [0.15, 0.2) is 10.8 Å². The Kier molecular flexibility index (Phi) is 11.8. The number of aliphatic carboxylic acids is 1. The highest BCUT2D eigenvalue weighted by Crippen LogP contribution is 2.34. The minimum atomic E-state index is -0.793. The maximum atomic E-state index is 13.9. The Morgan fingerprint density at radius 2 is 1.71 bits per heavy atom. The van der Waals surface area contributed by atoms with Gasteiger partial charge in [0.2, 0.25) is 0 Å². The van der Waals surface area contributed by atoms with E-state index in [4.69, 9.17) is 19.6 Å². The molecule has 0 spiro atoms. The smallest absolute Gasteiger partial charge is 0.358 e. The number of carboxylic acids is 1. The van der Waals surface area contributed by atoms with Crippen LogP contribution in [0.15, 0.2) is 72.8 Å². The van der Waals surface area contributed by atoms with Gasteiger partial charge in [-0.2, -0.15) is 0 Å². The number of carbonyl (C=O) groups excluding carboxylic acids is 2. The third kappa shape index (κ3) is 9.26. The fraction of sp³-hybridized carbons (Fsp3) is 0.386. The van der Waals surface area contributed by atoms with E-state index < -0.39 is 17.5 Å². The fourth-order valence-corrected chi connectivity index (χ4v) is 8.45. The lowest BCUT2D eigenvalue weighted by Gasteiger charge is -2.31. The molecule has 3 aromatic carbocycles. The van der Waals surface area contributed by atoms with Crippen molar-refractivity contribution in [1.29, 1.82) is 0 Å². The third-order valence-corrected chi connectivity index (χ3v) is 11.4. The number of carboxylic acid groups (broad SMARTS) is 1. The highest BCUT2D eigenvalue weighted by atomic mass is 32.1. The van der Waals surface area contributed by atoms with Crippen molar-refractivity contribution in [3.63, 3.8) is 0 Å². The molecule has 0 saturated carbocycles. The van der Waals surface area contributed by atoms with Gasteiger partial charge in [-0.15, -0.1) is 0 Å². The number of ether oxygens (including phenoxy) is 2. The van der Waals surface area contributed by atoms with Crippen molar-refractivity contribution in [3.8, 4) is 11.1 Å². The molecule has 5 aromatic rings. The first-order chi connectivity index (χ1) is 26.9. The van der Waals surface area contributed by atoms with Gasteiger partial charge in [0.1, 0.15) is 11.4 Å². The first-order valence-corrected chi connectivity index (χ1v) is 20.1. The summed E-state index contributed by atoms with van der Waals surface area (Å²) in [5.41, 5.74) is 6.89. The number of pyridine rings is 1. The number of aromatic nitrogens is 2. The van der Waals surface area contributed by atoms with E-state index in [1.165, 1.54) is 16.9 Å². The van der Waals surface area contributed by atoms with Crippen molar-refractivity contribution in [2.24, 2.45) is 0 Å². The van der Waals surface area contributed by atoms with Crippen molar-refractivity contribution >= 4 is 50.3 Å². The summed E-state index contributed by atoms with van der Waals surface area (Å²) >= 11 is 1.45. The molecular formula is C44H49N5O6S. The summed E-state index contributed by atoms with van der Waals surface area (Å²) in [6.07, 6.45) is 4.19. The van der Waals surface area contributed by atoms with Crippen LogP contribution in [0, 0.1) is 6.92 Å². The zero-order valence-corrected chi connectivity index (χ0v) is 33.3. The Labute approximate surface area is 331 Å². The van der Waals surface area contributed by atoms with E-state index in [0.29, 0.717) is 41.8 Å². The quantitative estimate of drug-likeness (QED) is 0.0951. The van der Waals surface area contributed by atoms with E-state index >= 15 is 0 Å². The van der Waals surface area contributed by atoms with Gasteiger partial charge in [-0.05, 0) is 118 Å². The number of amides is 1. The molecule has 0 radical (unpaired) electrons. The molecule has 292 valence electrons. The van der Waals surface area contributed by atoms with Crippen molar-refractivity contribution in [2.45, 2.75) is 78.0 Å². The van der Waals surface area contributed by atoms with Crippen LogP contribution in [-0.4, -0.2) is 82.3 Å². The standard InChI is InChI=1S/C44H49N5O6S/c1-28-29(12-9-25-54-31-20-22-48(23-21-31)27-39(50)51)10-7-13-32(28)33-17-18-38(46-40(33)42(53)55-44(2,3)4)49-24-19-30-11-8-14-34(35(30)26-49)41(52)47-43-45-36-15-5-6-16-37(36)56-43/h5-8,10-11,13-18,31H,9,12,19-27H2,1-4H3,(H,50,51)(H,45,47,52). The largest absolute Gasteiger partial charge is 0.480 e. The minimum absolute atomic E-state index is 0.0804. The molecule has 1 fully saturated rings. The van der Waals surface area contributed by atoms with Gasteiger partial charge in [-0.1, -0.05) is 53.8 Å². The van der Waals surface area contributed by atoms with E-state index in [1.54, 1.807) is 0 Å². The van der Waals surface area contributed by atoms with Crippen LogP contribution in [0.2, 0.25) is 0 Å². The van der Waals surface area contributed by atoms with Gasteiger partial charge in [0, 0.05) is 43.9 Å². The Morgan fingerprint density at radius 3 is 2.48 bits per heavy atom. The van der Waals surface area contributed by atoms with E-state index in [0.717, 1.165) is 77.7 Å². The van der Waals surface area contributed by atoms with Gasteiger partial charge < -0.3 is 19.5 Å². The second kappa shape index (κ2) is 16.9. The van der Waals surface area contributed by atoms with E-state index in [2.05, 4.69) is 34.3 Å². The van der Waals surface area contributed by atoms with E-state index in [1.807, 2.05) is 86.3 Å². The molecule has 4 heterocycles. The summed E-state index contributed by atoms with van der Waals surface area (Å²) < 4.78 is 13.1. The molecule has 1 amide bonds. The summed E-state index contributed by atoms with van der Waals surface area (Å²) in [4.78, 5) is 52.3. The molecule has 56 heavy (non-hydrogen) atoms. The SMILES string of the molecule is Cc1c(CCCOC2CCN(CC(=O)O)CC2)cccc1-c1ccc(N2CCc3cccc(C(=O)Nc4nc5ccccc5s4)c3C2)nc1C(=O)OC(C)(C)C. The molecule has 2 aliphatic heterocycles. The molecule has 12 heteroatoms. The number of para-hydroxylation sites is 1. The molecule has 0 unspecified atom stereocenters. The molecular weight excluding hydrogens is 727 g/mol. The summed E-state index contributed by atoms with van der Waals surface area (Å²) in [6, 6.07) is 23.7. The van der Waals surface area contributed by atoms with E-state index in [9.17, 15) is 14.4 Å². The van der Waals surface area contributed by atoms with Crippen LogP contribution in [-0.2, 0) is 33.7 Å². The van der Waals surface area contributed by atoms with Gasteiger partial charge in [-0.3, -0.25) is 19.8 Å². The summed E-state index contributed by atoms with van der Waals surface area (Å²) in [7, 11) is 0. The van der Waals surface area contributed by atoms with Crippen LogP contribution in [0.25, 0.3) is 21.3 Å². The van der Waals surface area contributed by atoms with Gasteiger partial charge in [-0.25, -0.2) is 14.8 Å². The van der Waals surface area contributed by atoms with Crippen LogP contribution in [0.1, 0.15) is 83.1 Å². The molecule has 2 aliphatic rings. The average molecular weight is 776 g/mol. The molecule has 7 rings (SSSR count). The van der Waals surface area contributed by atoms with Crippen LogP contribution >= 0.6 is 11.3 Å². The summed E-state index contributed by atoms with van der Waals surface area (Å²) in [6.45, 7) is 10.9. The average Bonchev–Trinajstić information content (AvgIpc) is 3.58. The van der Waals surface area contributed by atoms with Crippen molar-refractivity contribution in [1.82, 2.24) is 14.9 Å². The van der Waals surface area contributed by atoms with Crippen LogP contribution in [0.4, 0.5) is 10.9 Å². The number of hydrogen-bond acceptors (Lipinski definition) is 10. The van der Waals surface area contributed by atoms with Crippen molar-refractivity contribution < 1.29 is 29.0 Å². The lowest BCUT2D eigenvalue weighted by molar-refractivity contribution is -0.139. The Morgan fingerprint density at radius 1 is 0.929 bits per heavy atom. The monoisotopic (exact) mass is 775 g/mol. The van der Waals surface area contributed by atoms with Crippen LogP contribution in [0.3, 0.4) is 0 Å². The first kappa shape index (κ1) is 39.1. The van der Waals surface area contributed by atoms with Crippen molar-refractivity contribution in [3.05, 3.63) is 106 Å². The summed E-state index contributed by atoms with van der Waals surface area (Å²) in [5.74, 6) is -0.851. The minimum Gasteiger partial charge on any atom is -0.480 e. The second-order valence-corrected chi connectivity index (χ2v) is 16.6. The van der Waals surface area contributed by atoms with Crippen LogP contribution in [0.5, 0.6) is 0 Å². The highest BCUT2D eigenvalue weighted by Gasteiger charge is 2.28. The fourth-order valence-electron chi connectivity index (χ4n) is 7.59. The number of aryl methyl sites for hydroxylation is 1. The predicted molar refractivity (Wildman–Crippen MR) is 220 cm³/mol. The predicted octanol–water partition coefficient (Wildman–Crippen LogP) is 7.94. The van der Waals surface area contributed by atoms with Gasteiger partial charge in [0.25, 0.3) is 5.91 Å². The number of carbonyl (C=O) groups is 3. The number of fused-ring (bicyclic) bond motifs is 2. The lowest BCUT2D eigenvalue weighted by atomic mass is 9.93. The number of nitrogens with zero attached hydrogens (tertiary/aromatic N) is 4. The second-order valence-electron chi connectivity index (χ2n) is 15.6. The zero-order chi connectivity index (χ0) is 39.4. The number of piperidine rings is 1. The third-order valence-electron chi connectivity index (χ3n) is 10.4. The van der Waals surface area contributed by atoms with Crippen LogP contribution < -0.4 is 10.2 Å². The zero-order valence-electron chi connectivity index (χ0n) is 32.5. The Hall–Kier alpha value is -5.17. The Balaban J connectivity index is 1.08. The first-order valence-electron chi connectivity index (χ1n) is 19.3. The maximum absolute atomic E-state index is 13.9. The number of nitrogens with one attached hydrogen (secondary N) is 1. The maximum Gasteiger partial charge on any atom is 0.358 e. The normalized spacial score (nSPS) is 15.1. The number of benzene rings is 3.